The Labute approximate surface area is 261 Å². The fraction of sp³-hybridized carbons (Fsp3) is 0.371. The Bertz CT molecular complexity index is 1310. The Morgan fingerprint density at radius 3 is 2.28 bits per heavy atom. The maximum Gasteiger partial charge on any atom is 0.251 e. The van der Waals surface area contributed by atoms with Gasteiger partial charge in [-0.05, 0) is 78.6 Å². The van der Waals surface area contributed by atoms with Crippen LogP contribution in [0.4, 0.5) is 4.39 Å². The highest BCUT2D eigenvalue weighted by Crippen LogP contribution is 2.26. The van der Waals surface area contributed by atoms with E-state index in [0.717, 1.165) is 11.1 Å². The first-order chi connectivity index (χ1) is 20.8. The lowest BCUT2D eigenvalue weighted by molar-refractivity contribution is -0.127. The molecular formula is C35H45ClFN3O3. The minimum Gasteiger partial charge on any atom is -0.484 e. The molecule has 1 aliphatic rings. The molecule has 1 N–H and O–H groups in total. The van der Waals surface area contributed by atoms with Crippen LogP contribution in [0, 0.1) is 12.7 Å². The summed E-state index contributed by atoms with van der Waals surface area (Å²) in [6.45, 7) is 16.9. The molecule has 1 atom stereocenters. The van der Waals surface area contributed by atoms with Crippen LogP contribution in [-0.4, -0.2) is 60.9 Å². The maximum atomic E-state index is 14.4. The van der Waals surface area contributed by atoms with E-state index in [2.05, 4.69) is 16.8 Å². The van der Waals surface area contributed by atoms with E-state index < -0.39 is 6.10 Å². The second-order valence-electron chi connectivity index (χ2n) is 9.61. The lowest BCUT2D eigenvalue weighted by Gasteiger charge is -2.36. The van der Waals surface area contributed by atoms with Crippen molar-refractivity contribution in [1.29, 1.82) is 0 Å². The molecule has 2 amide bonds. The Kier molecular flexibility index (Phi) is 15.5. The third kappa shape index (κ3) is 11.2. The smallest absolute Gasteiger partial charge is 0.251 e. The molecule has 8 heteroatoms. The molecule has 0 bridgehead atoms. The number of hydrogen-bond donors (Lipinski definition) is 1. The highest BCUT2D eigenvalue weighted by atomic mass is 35.5. The summed E-state index contributed by atoms with van der Waals surface area (Å²) in [7, 11) is 0. The van der Waals surface area contributed by atoms with Crippen molar-refractivity contribution in [3.05, 3.63) is 112 Å². The Balaban J connectivity index is 0.00000155. The zero-order valence-corrected chi connectivity index (χ0v) is 26.8. The van der Waals surface area contributed by atoms with Gasteiger partial charge in [0, 0.05) is 49.9 Å². The number of nitrogens with one attached hydrogen (secondary N) is 1. The summed E-state index contributed by atoms with van der Waals surface area (Å²) >= 11 is 6.03. The first-order valence-electron chi connectivity index (χ1n) is 15.0. The summed E-state index contributed by atoms with van der Waals surface area (Å²) in [5.74, 6) is 0.0496. The fourth-order valence-electron chi connectivity index (χ4n) is 4.50. The van der Waals surface area contributed by atoms with Gasteiger partial charge in [0.1, 0.15) is 17.7 Å². The van der Waals surface area contributed by atoms with Gasteiger partial charge in [0.05, 0.1) is 0 Å². The summed E-state index contributed by atoms with van der Waals surface area (Å²) in [5.41, 5.74) is 2.87. The van der Waals surface area contributed by atoms with Gasteiger partial charge in [0.2, 0.25) is 5.91 Å². The van der Waals surface area contributed by atoms with Crippen LogP contribution in [0.5, 0.6) is 5.75 Å². The molecule has 1 aliphatic heterocycles. The first kappa shape index (κ1) is 35.5. The summed E-state index contributed by atoms with van der Waals surface area (Å²) in [6.07, 6.45) is 1.58. The van der Waals surface area contributed by atoms with Crippen molar-refractivity contribution in [1.82, 2.24) is 15.1 Å². The van der Waals surface area contributed by atoms with Gasteiger partial charge in [-0.1, -0.05) is 70.1 Å². The van der Waals surface area contributed by atoms with E-state index in [-0.39, 0.29) is 17.6 Å². The SMILES string of the molecule is C=CC(=O)N1CCN(CC(Oc2ccc(C(=O)NCCc3cccc(Cl)c3)cc2)c2ccc(C)c(F)c2)CC1.CC.CC. The molecule has 1 unspecified atom stereocenters. The van der Waals surface area contributed by atoms with Crippen LogP contribution in [0.1, 0.15) is 60.8 Å². The number of carbonyl (C=O) groups is 2. The lowest BCUT2D eigenvalue weighted by atomic mass is 10.1. The molecular weight excluding hydrogens is 565 g/mol. The third-order valence-corrected chi connectivity index (χ3v) is 7.07. The van der Waals surface area contributed by atoms with Crippen LogP contribution >= 0.6 is 11.6 Å². The topological polar surface area (TPSA) is 61.9 Å². The molecule has 6 nitrogen and oxygen atoms in total. The lowest BCUT2D eigenvalue weighted by Crippen LogP contribution is -2.49. The Hall–Kier alpha value is -3.68. The number of aryl methyl sites for hydroxylation is 1. The van der Waals surface area contributed by atoms with Crippen molar-refractivity contribution >= 4 is 23.4 Å². The van der Waals surface area contributed by atoms with Crippen molar-refractivity contribution in [2.75, 3.05) is 39.3 Å². The molecule has 3 aromatic rings. The van der Waals surface area contributed by atoms with Crippen molar-refractivity contribution < 1.29 is 18.7 Å². The van der Waals surface area contributed by atoms with E-state index in [1.165, 1.54) is 12.1 Å². The van der Waals surface area contributed by atoms with Crippen molar-refractivity contribution in [2.24, 2.45) is 0 Å². The largest absolute Gasteiger partial charge is 0.484 e. The third-order valence-electron chi connectivity index (χ3n) is 6.83. The number of carbonyl (C=O) groups excluding carboxylic acids is 2. The minimum atomic E-state index is -0.431. The van der Waals surface area contributed by atoms with Gasteiger partial charge in [0.25, 0.3) is 5.91 Å². The van der Waals surface area contributed by atoms with Gasteiger partial charge in [-0.2, -0.15) is 0 Å². The van der Waals surface area contributed by atoms with Crippen LogP contribution < -0.4 is 10.1 Å². The van der Waals surface area contributed by atoms with E-state index in [4.69, 9.17) is 16.3 Å². The average molecular weight is 610 g/mol. The van der Waals surface area contributed by atoms with Crippen LogP contribution in [-0.2, 0) is 11.2 Å². The summed E-state index contributed by atoms with van der Waals surface area (Å²) < 4.78 is 20.8. The molecule has 0 radical (unpaired) electrons. The molecule has 3 aromatic carbocycles. The number of halogens is 2. The predicted octanol–water partition coefficient (Wildman–Crippen LogP) is 7.26. The molecule has 4 rings (SSSR count). The Morgan fingerprint density at radius 1 is 1.00 bits per heavy atom. The van der Waals surface area contributed by atoms with Crippen LogP contribution in [0.15, 0.2) is 79.4 Å². The molecule has 0 spiro atoms. The van der Waals surface area contributed by atoms with Crippen molar-refractivity contribution in [3.8, 4) is 5.75 Å². The summed E-state index contributed by atoms with van der Waals surface area (Å²) in [5, 5.41) is 3.60. The number of hydrogen-bond acceptors (Lipinski definition) is 4. The van der Waals surface area contributed by atoms with E-state index in [9.17, 15) is 14.0 Å². The van der Waals surface area contributed by atoms with Gasteiger partial charge in [-0.15, -0.1) is 0 Å². The number of amides is 2. The quantitative estimate of drug-likeness (QED) is 0.246. The van der Waals surface area contributed by atoms with Crippen LogP contribution in [0.3, 0.4) is 0 Å². The van der Waals surface area contributed by atoms with Crippen LogP contribution in [0.25, 0.3) is 0 Å². The summed E-state index contributed by atoms with van der Waals surface area (Å²) in [4.78, 5) is 28.5. The van der Waals surface area contributed by atoms with E-state index in [0.29, 0.717) is 67.6 Å². The van der Waals surface area contributed by atoms with Crippen molar-refractivity contribution in [3.63, 3.8) is 0 Å². The molecule has 0 aliphatic carbocycles. The second-order valence-corrected chi connectivity index (χ2v) is 10.0. The zero-order valence-electron chi connectivity index (χ0n) is 26.0. The molecule has 0 aromatic heterocycles. The standard InChI is InChI=1S/C31H33ClFN3O3.2C2H6/c1-3-30(37)36-17-15-35(16-18-36)21-29(25-8-7-22(2)28(33)20-25)39-27-11-9-24(10-12-27)31(38)34-14-13-23-5-4-6-26(32)19-23;2*1-2/h3-12,19-20,29H,1,13-18,21H2,2H3,(H,34,38);2*1-2H3. The molecule has 1 fully saturated rings. The normalized spacial score (nSPS) is 13.4. The van der Waals surface area contributed by atoms with Gasteiger partial charge in [-0.3, -0.25) is 14.5 Å². The number of rotatable bonds is 10. The average Bonchev–Trinajstić information content (AvgIpc) is 3.04. The number of ether oxygens (including phenoxy) is 1. The van der Waals surface area contributed by atoms with Gasteiger partial charge in [0.15, 0.2) is 0 Å². The molecule has 232 valence electrons. The highest BCUT2D eigenvalue weighted by Gasteiger charge is 2.24. The second kappa shape index (κ2) is 18.8. The number of piperazine rings is 1. The first-order valence-corrected chi connectivity index (χ1v) is 15.4. The van der Waals surface area contributed by atoms with E-state index in [1.807, 2.05) is 58.0 Å². The number of benzene rings is 3. The van der Waals surface area contributed by atoms with E-state index in [1.54, 1.807) is 42.2 Å². The molecule has 0 saturated carbocycles. The van der Waals surface area contributed by atoms with Gasteiger partial charge >= 0.3 is 0 Å². The van der Waals surface area contributed by atoms with Gasteiger partial charge in [-0.25, -0.2) is 4.39 Å². The molecule has 43 heavy (non-hydrogen) atoms. The Morgan fingerprint density at radius 2 is 1.67 bits per heavy atom. The zero-order chi connectivity index (χ0) is 31.8. The molecule has 1 heterocycles. The molecule has 1 saturated heterocycles. The summed E-state index contributed by atoms with van der Waals surface area (Å²) in [6, 6.07) is 19.7. The predicted molar refractivity (Wildman–Crippen MR) is 174 cm³/mol. The van der Waals surface area contributed by atoms with Crippen molar-refractivity contribution in [2.45, 2.75) is 47.1 Å². The number of nitrogens with zero attached hydrogens (tertiary/aromatic N) is 2. The maximum absolute atomic E-state index is 14.4. The van der Waals surface area contributed by atoms with E-state index >= 15 is 0 Å². The van der Waals surface area contributed by atoms with Crippen LogP contribution in [0.2, 0.25) is 5.02 Å². The monoisotopic (exact) mass is 609 g/mol. The van der Waals surface area contributed by atoms with Gasteiger partial charge < -0.3 is 15.0 Å². The fourth-order valence-corrected chi connectivity index (χ4v) is 4.71. The highest BCUT2D eigenvalue weighted by molar-refractivity contribution is 6.30. The minimum absolute atomic E-state index is 0.0726.